The van der Waals surface area contributed by atoms with Crippen LogP contribution in [0.2, 0.25) is 5.02 Å². The quantitative estimate of drug-likeness (QED) is 0.768. The molecule has 1 heterocycles. The van der Waals surface area contributed by atoms with Gasteiger partial charge in [0, 0.05) is 28.7 Å². The second kappa shape index (κ2) is 5.31. The van der Waals surface area contributed by atoms with Crippen LogP contribution in [0, 0.1) is 6.92 Å². The number of nitrogens with zero attached hydrogens (tertiary/aromatic N) is 1. The van der Waals surface area contributed by atoms with Gasteiger partial charge in [-0.2, -0.15) is 0 Å². The lowest BCUT2D eigenvalue weighted by Gasteiger charge is -2.08. The predicted octanol–water partition coefficient (Wildman–Crippen LogP) is 4.14. The zero-order chi connectivity index (χ0) is 14.1. The molecule has 0 amide bonds. The van der Waals surface area contributed by atoms with Crippen molar-refractivity contribution in [3.8, 4) is 0 Å². The Morgan fingerprint density at radius 1 is 1.10 bits per heavy atom. The van der Waals surface area contributed by atoms with Gasteiger partial charge < -0.3 is 9.67 Å². The van der Waals surface area contributed by atoms with E-state index in [1.54, 1.807) is 0 Å². The van der Waals surface area contributed by atoms with Crippen LogP contribution >= 0.6 is 11.6 Å². The SMILES string of the molecule is Cc1ccccc1Cn1cc(CO)c2ccc(Cl)cc21. The van der Waals surface area contributed by atoms with Gasteiger partial charge in [-0.15, -0.1) is 0 Å². The summed E-state index contributed by atoms with van der Waals surface area (Å²) in [6.45, 7) is 2.93. The summed E-state index contributed by atoms with van der Waals surface area (Å²) in [6, 6.07) is 14.1. The summed E-state index contributed by atoms with van der Waals surface area (Å²) in [5, 5.41) is 11.3. The van der Waals surface area contributed by atoms with E-state index in [1.165, 1.54) is 11.1 Å². The molecule has 0 unspecified atom stereocenters. The van der Waals surface area contributed by atoms with Crippen molar-refractivity contribution < 1.29 is 5.11 Å². The fourth-order valence-electron chi connectivity index (χ4n) is 2.57. The highest BCUT2D eigenvalue weighted by Crippen LogP contribution is 2.26. The minimum absolute atomic E-state index is 0.0406. The van der Waals surface area contributed by atoms with Gasteiger partial charge in [-0.3, -0.25) is 0 Å². The maximum Gasteiger partial charge on any atom is 0.0702 e. The summed E-state index contributed by atoms with van der Waals surface area (Å²) in [4.78, 5) is 0. The number of fused-ring (bicyclic) bond motifs is 1. The Morgan fingerprint density at radius 3 is 2.65 bits per heavy atom. The highest BCUT2D eigenvalue weighted by Gasteiger charge is 2.09. The fraction of sp³-hybridized carbons (Fsp3) is 0.176. The van der Waals surface area contributed by atoms with Gasteiger partial charge in [0.2, 0.25) is 0 Å². The van der Waals surface area contributed by atoms with E-state index in [2.05, 4.69) is 23.6 Å². The normalized spacial score (nSPS) is 11.2. The van der Waals surface area contributed by atoms with E-state index < -0.39 is 0 Å². The Bertz CT molecular complexity index is 761. The Morgan fingerprint density at radius 2 is 1.90 bits per heavy atom. The number of aliphatic hydroxyl groups is 1. The van der Waals surface area contributed by atoms with Crippen LogP contribution in [0.3, 0.4) is 0 Å². The Balaban J connectivity index is 2.12. The molecular formula is C17H16ClNO. The molecule has 2 nitrogen and oxygen atoms in total. The molecule has 0 radical (unpaired) electrons. The van der Waals surface area contributed by atoms with Gasteiger partial charge in [-0.1, -0.05) is 41.9 Å². The molecule has 3 rings (SSSR count). The summed E-state index contributed by atoms with van der Waals surface area (Å²) >= 11 is 6.10. The lowest BCUT2D eigenvalue weighted by molar-refractivity contribution is 0.283. The van der Waals surface area contributed by atoms with Crippen molar-refractivity contribution in [2.24, 2.45) is 0 Å². The molecule has 2 aromatic carbocycles. The number of benzene rings is 2. The molecule has 0 aliphatic rings. The Hall–Kier alpha value is -1.77. The van der Waals surface area contributed by atoms with E-state index in [4.69, 9.17) is 11.6 Å². The van der Waals surface area contributed by atoms with Gasteiger partial charge in [-0.25, -0.2) is 0 Å². The first-order valence-electron chi connectivity index (χ1n) is 6.61. The summed E-state index contributed by atoms with van der Waals surface area (Å²) in [7, 11) is 0. The predicted molar refractivity (Wildman–Crippen MR) is 83.2 cm³/mol. The Kier molecular flexibility index (Phi) is 3.51. The van der Waals surface area contributed by atoms with Crippen molar-refractivity contribution in [3.63, 3.8) is 0 Å². The van der Waals surface area contributed by atoms with Crippen molar-refractivity contribution in [3.05, 3.63) is 70.4 Å². The van der Waals surface area contributed by atoms with Crippen molar-refractivity contribution in [1.29, 1.82) is 0 Å². The number of aromatic nitrogens is 1. The summed E-state index contributed by atoms with van der Waals surface area (Å²) in [6.07, 6.45) is 2.01. The zero-order valence-corrected chi connectivity index (χ0v) is 12.1. The van der Waals surface area contributed by atoms with Crippen LogP contribution < -0.4 is 0 Å². The largest absolute Gasteiger partial charge is 0.392 e. The molecule has 0 spiro atoms. The zero-order valence-electron chi connectivity index (χ0n) is 11.3. The first-order chi connectivity index (χ1) is 9.69. The molecule has 0 bridgehead atoms. The first-order valence-corrected chi connectivity index (χ1v) is 6.99. The molecule has 0 aliphatic carbocycles. The highest BCUT2D eigenvalue weighted by atomic mass is 35.5. The molecular weight excluding hydrogens is 270 g/mol. The number of aliphatic hydroxyl groups excluding tert-OH is 1. The number of hydrogen-bond donors (Lipinski definition) is 1. The molecule has 1 N–H and O–H groups in total. The molecule has 3 heteroatoms. The minimum Gasteiger partial charge on any atom is -0.392 e. The Labute approximate surface area is 123 Å². The van der Waals surface area contributed by atoms with Gasteiger partial charge in [0.25, 0.3) is 0 Å². The van der Waals surface area contributed by atoms with Crippen LogP contribution in [0.4, 0.5) is 0 Å². The second-order valence-corrected chi connectivity index (χ2v) is 5.46. The molecule has 3 aromatic rings. The molecule has 20 heavy (non-hydrogen) atoms. The fourth-order valence-corrected chi connectivity index (χ4v) is 2.74. The maximum atomic E-state index is 9.49. The van der Waals surface area contributed by atoms with E-state index in [0.29, 0.717) is 5.02 Å². The molecule has 0 saturated heterocycles. The summed E-state index contributed by atoms with van der Waals surface area (Å²) < 4.78 is 2.15. The third kappa shape index (κ3) is 2.33. The third-order valence-electron chi connectivity index (χ3n) is 3.70. The highest BCUT2D eigenvalue weighted by molar-refractivity contribution is 6.31. The van der Waals surface area contributed by atoms with Gasteiger partial charge >= 0.3 is 0 Å². The number of aryl methyl sites for hydroxylation is 1. The molecule has 1 aromatic heterocycles. The average Bonchev–Trinajstić information content (AvgIpc) is 2.79. The van der Waals surface area contributed by atoms with Crippen LogP contribution in [-0.4, -0.2) is 9.67 Å². The molecule has 0 fully saturated rings. The monoisotopic (exact) mass is 285 g/mol. The van der Waals surface area contributed by atoms with E-state index in [0.717, 1.165) is 23.0 Å². The standard InChI is InChI=1S/C17H16ClNO/c1-12-4-2-3-5-13(12)9-19-10-14(11-20)16-7-6-15(18)8-17(16)19/h2-8,10,20H,9,11H2,1H3. The van der Waals surface area contributed by atoms with Gasteiger partial charge in [0.05, 0.1) is 12.1 Å². The van der Waals surface area contributed by atoms with E-state index in [9.17, 15) is 5.11 Å². The summed E-state index contributed by atoms with van der Waals surface area (Å²) in [5.41, 5.74) is 4.53. The number of hydrogen-bond acceptors (Lipinski definition) is 1. The van der Waals surface area contributed by atoms with Crippen molar-refractivity contribution in [1.82, 2.24) is 4.57 Å². The van der Waals surface area contributed by atoms with E-state index in [1.807, 2.05) is 36.5 Å². The van der Waals surface area contributed by atoms with Gasteiger partial charge in [0.15, 0.2) is 0 Å². The smallest absolute Gasteiger partial charge is 0.0702 e. The van der Waals surface area contributed by atoms with Gasteiger partial charge in [0.1, 0.15) is 0 Å². The number of halogens is 1. The molecule has 0 atom stereocenters. The van der Waals surface area contributed by atoms with E-state index in [-0.39, 0.29) is 6.61 Å². The van der Waals surface area contributed by atoms with Crippen molar-refractivity contribution in [2.75, 3.05) is 0 Å². The van der Waals surface area contributed by atoms with Crippen LogP contribution in [0.1, 0.15) is 16.7 Å². The summed E-state index contributed by atoms with van der Waals surface area (Å²) in [5.74, 6) is 0. The lowest BCUT2D eigenvalue weighted by Crippen LogP contribution is -1.99. The number of rotatable bonds is 3. The van der Waals surface area contributed by atoms with Crippen LogP contribution in [0.15, 0.2) is 48.7 Å². The molecule has 0 aliphatic heterocycles. The average molecular weight is 286 g/mol. The maximum absolute atomic E-state index is 9.49. The van der Waals surface area contributed by atoms with Crippen LogP contribution in [-0.2, 0) is 13.2 Å². The van der Waals surface area contributed by atoms with Gasteiger partial charge in [-0.05, 0) is 30.2 Å². The van der Waals surface area contributed by atoms with Crippen LogP contribution in [0.25, 0.3) is 10.9 Å². The topological polar surface area (TPSA) is 25.2 Å². The first kappa shape index (κ1) is 13.2. The third-order valence-corrected chi connectivity index (χ3v) is 3.93. The van der Waals surface area contributed by atoms with Crippen LogP contribution in [0.5, 0.6) is 0 Å². The van der Waals surface area contributed by atoms with E-state index >= 15 is 0 Å². The second-order valence-electron chi connectivity index (χ2n) is 5.03. The van der Waals surface area contributed by atoms with Crippen molar-refractivity contribution >= 4 is 22.5 Å². The molecule has 0 saturated carbocycles. The minimum atomic E-state index is 0.0406. The van der Waals surface area contributed by atoms with Crippen molar-refractivity contribution in [2.45, 2.75) is 20.1 Å². The lowest BCUT2D eigenvalue weighted by atomic mass is 10.1. The molecule has 102 valence electrons.